The topological polar surface area (TPSA) is 29.1 Å². The highest BCUT2D eigenvalue weighted by Gasteiger charge is 2.36. The number of rotatable bonds is 3. The molecule has 3 rings (SSSR count). The van der Waals surface area contributed by atoms with E-state index < -0.39 is 0 Å². The number of benzene rings is 1. The van der Waals surface area contributed by atoms with E-state index in [1.165, 1.54) is 0 Å². The van der Waals surface area contributed by atoms with Gasteiger partial charge in [-0.05, 0) is 42.5 Å². The Labute approximate surface area is 129 Å². The summed E-state index contributed by atoms with van der Waals surface area (Å²) in [6.45, 7) is 1.92. The second-order valence-corrected chi connectivity index (χ2v) is 6.31. The van der Waals surface area contributed by atoms with Crippen LogP contribution in [0.1, 0.15) is 38.2 Å². The summed E-state index contributed by atoms with van der Waals surface area (Å²) < 4.78 is 0. The highest BCUT2D eigenvalue weighted by molar-refractivity contribution is 6.42. The molecule has 20 heavy (non-hydrogen) atoms. The highest BCUT2D eigenvalue weighted by Crippen LogP contribution is 2.39. The summed E-state index contributed by atoms with van der Waals surface area (Å²) in [6.07, 6.45) is 3.63. The first kappa shape index (κ1) is 14.1. The van der Waals surface area contributed by atoms with Gasteiger partial charge in [-0.15, -0.1) is 0 Å². The van der Waals surface area contributed by atoms with Crippen LogP contribution in [0.25, 0.3) is 5.57 Å². The number of Topliss-reactive ketones (excluding diaryl/α,β-unsaturated/α-hetero) is 1. The average molecular weight is 310 g/mol. The molecule has 0 saturated carbocycles. The summed E-state index contributed by atoms with van der Waals surface area (Å²) >= 11 is 12.1. The van der Waals surface area contributed by atoms with E-state index in [0.717, 1.165) is 36.0 Å². The summed E-state index contributed by atoms with van der Waals surface area (Å²) in [7, 11) is 0. The van der Waals surface area contributed by atoms with Gasteiger partial charge in [-0.3, -0.25) is 4.79 Å². The van der Waals surface area contributed by atoms with E-state index in [1.54, 1.807) is 0 Å². The molecule has 0 aliphatic carbocycles. The van der Waals surface area contributed by atoms with Gasteiger partial charge in [-0.1, -0.05) is 36.2 Å². The number of fused-ring (bicyclic) bond motifs is 2. The van der Waals surface area contributed by atoms with Gasteiger partial charge in [-0.25, -0.2) is 0 Å². The Morgan fingerprint density at radius 3 is 2.80 bits per heavy atom. The van der Waals surface area contributed by atoms with Crippen LogP contribution < -0.4 is 5.32 Å². The predicted octanol–water partition coefficient (Wildman–Crippen LogP) is 4.25. The van der Waals surface area contributed by atoms with Crippen molar-refractivity contribution in [3.05, 3.63) is 39.4 Å². The molecule has 106 valence electrons. The lowest BCUT2D eigenvalue weighted by atomic mass is 9.87. The maximum Gasteiger partial charge on any atom is 0.160 e. The zero-order chi connectivity index (χ0) is 14.3. The zero-order valence-corrected chi connectivity index (χ0v) is 12.9. The second-order valence-electron chi connectivity index (χ2n) is 5.50. The van der Waals surface area contributed by atoms with E-state index in [4.69, 9.17) is 23.2 Å². The molecule has 2 aliphatic heterocycles. The molecule has 2 heterocycles. The standard InChI is InChI=1S/C16H17Cl2NO/c1-2-15(20)16-11(8-10-4-6-14(16)19-10)9-3-5-12(17)13(18)7-9/h3,5,7,10,14,19H,2,4,6,8H2,1H3/t10?,14-/m0/s1. The van der Waals surface area contributed by atoms with Gasteiger partial charge in [0.15, 0.2) is 5.78 Å². The van der Waals surface area contributed by atoms with Crippen LogP contribution in [0.15, 0.2) is 23.8 Å². The van der Waals surface area contributed by atoms with E-state index >= 15 is 0 Å². The predicted molar refractivity (Wildman–Crippen MR) is 83.2 cm³/mol. The summed E-state index contributed by atoms with van der Waals surface area (Å²) in [6, 6.07) is 6.36. The summed E-state index contributed by atoms with van der Waals surface area (Å²) in [5.41, 5.74) is 3.15. The van der Waals surface area contributed by atoms with Crippen molar-refractivity contribution in [3.63, 3.8) is 0 Å². The number of ketones is 1. The molecule has 0 amide bonds. The third-order valence-corrected chi connectivity index (χ3v) is 4.99. The van der Waals surface area contributed by atoms with Crippen molar-refractivity contribution in [2.24, 2.45) is 0 Å². The van der Waals surface area contributed by atoms with Gasteiger partial charge in [0.05, 0.1) is 10.0 Å². The molecule has 0 radical (unpaired) electrons. The van der Waals surface area contributed by atoms with Crippen molar-refractivity contribution in [3.8, 4) is 0 Å². The molecular formula is C16H17Cl2NO. The molecule has 4 heteroatoms. The Morgan fingerprint density at radius 2 is 2.10 bits per heavy atom. The van der Waals surface area contributed by atoms with Crippen LogP contribution in [-0.2, 0) is 4.79 Å². The third kappa shape index (κ3) is 2.41. The Bertz CT molecular complexity index is 594. The van der Waals surface area contributed by atoms with Gasteiger partial charge >= 0.3 is 0 Å². The highest BCUT2D eigenvalue weighted by atomic mass is 35.5. The molecular weight excluding hydrogens is 293 g/mol. The van der Waals surface area contributed by atoms with Crippen LogP contribution in [0, 0.1) is 0 Å². The lowest BCUT2D eigenvalue weighted by molar-refractivity contribution is -0.115. The minimum absolute atomic E-state index is 0.214. The molecule has 1 aromatic carbocycles. The summed E-state index contributed by atoms with van der Waals surface area (Å²) in [5.74, 6) is 0.240. The molecule has 2 bridgehead atoms. The first-order valence-electron chi connectivity index (χ1n) is 7.08. The molecule has 0 aromatic heterocycles. The minimum Gasteiger partial charge on any atom is -0.307 e. The van der Waals surface area contributed by atoms with Crippen LogP contribution in [0.4, 0.5) is 0 Å². The van der Waals surface area contributed by atoms with E-state index in [-0.39, 0.29) is 11.8 Å². The van der Waals surface area contributed by atoms with Gasteiger partial charge in [-0.2, -0.15) is 0 Å². The number of carbonyl (C=O) groups excluding carboxylic acids is 1. The first-order chi connectivity index (χ1) is 9.60. The lowest BCUT2D eigenvalue weighted by Crippen LogP contribution is -2.38. The zero-order valence-electron chi connectivity index (χ0n) is 11.4. The molecule has 1 aromatic rings. The normalized spacial score (nSPS) is 25.1. The van der Waals surface area contributed by atoms with Crippen molar-refractivity contribution >= 4 is 34.6 Å². The van der Waals surface area contributed by atoms with E-state index in [9.17, 15) is 4.79 Å². The molecule has 1 unspecified atom stereocenters. The lowest BCUT2D eigenvalue weighted by Gasteiger charge is -2.27. The monoisotopic (exact) mass is 309 g/mol. The number of hydrogen-bond acceptors (Lipinski definition) is 2. The van der Waals surface area contributed by atoms with Gasteiger partial charge in [0, 0.05) is 24.1 Å². The van der Waals surface area contributed by atoms with Gasteiger partial charge < -0.3 is 5.32 Å². The van der Waals surface area contributed by atoms with Crippen LogP contribution in [-0.4, -0.2) is 17.9 Å². The smallest absolute Gasteiger partial charge is 0.160 e. The van der Waals surface area contributed by atoms with Crippen molar-refractivity contribution < 1.29 is 4.79 Å². The third-order valence-electron chi connectivity index (χ3n) is 4.25. The van der Waals surface area contributed by atoms with Crippen molar-refractivity contribution in [2.75, 3.05) is 0 Å². The SMILES string of the molecule is CCC(=O)C1=C(c2ccc(Cl)c(Cl)c2)CC2CC[C@@H]1N2. The molecule has 2 aliphatic rings. The minimum atomic E-state index is 0.214. The largest absolute Gasteiger partial charge is 0.307 e. The molecule has 1 saturated heterocycles. The number of halogens is 2. The summed E-state index contributed by atoms with van der Waals surface area (Å²) in [5, 5.41) is 4.64. The van der Waals surface area contributed by atoms with Crippen molar-refractivity contribution in [1.29, 1.82) is 0 Å². The van der Waals surface area contributed by atoms with E-state index in [2.05, 4.69) is 5.32 Å². The van der Waals surface area contributed by atoms with Crippen LogP contribution >= 0.6 is 23.2 Å². The Balaban J connectivity index is 2.10. The van der Waals surface area contributed by atoms with Gasteiger partial charge in [0.2, 0.25) is 0 Å². The van der Waals surface area contributed by atoms with Crippen molar-refractivity contribution in [2.45, 2.75) is 44.7 Å². The number of nitrogens with one attached hydrogen (secondary N) is 1. The molecule has 2 atom stereocenters. The first-order valence-corrected chi connectivity index (χ1v) is 7.83. The van der Waals surface area contributed by atoms with E-state index in [1.807, 2.05) is 25.1 Å². The molecule has 1 fully saturated rings. The number of hydrogen-bond donors (Lipinski definition) is 1. The quantitative estimate of drug-likeness (QED) is 0.904. The van der Waals surface area contributed by atoms with Crippen molar-refractivity contribution in [1.82, 2.24) is 5.32 Å². The Morgan fingerprint density at radius 1 is 1.30 bits per heavy atom. The Hall–Kier alpha value is -0.830. The van der Waals surface area contributed by atoms with Gasteiger partial charge in [0.1, 0.15) is 0 Å². The van der Waals surface area contributed by atoms with Crippen LogP contribution in [0.5, 0.6) is 0 Å². The second kappa shape index (κ2) is 5.51. The number of carbonyl (C=O) groups is 1. The van der Waals surface area contributed by atoms with Crippen LogP contribution in [0.2, 0.25) is 10.0 Å². The van der Waals surface area contributed by atoms with Gasteiger partial charge in [0.25, 0.3) is 0 Å². The maximum absolute atomic E-state index is 12.3. The Kier molecular flexibility index (Phi) is 3.89. The van der Waals surface area contributed by atoms with E-state index in [0.29, 0.717) is 22.5 Å². The molecule has 0 spiro atoms. The fourth-order valence-electron chi connectivity index (χ4n) is 3.28. The molecule has 2 nitrogen and oxygen atoms in total. The fraction of sp³-hybridized carbons (Fsp3) is 0.438. The summed E-state index contributed by atoms with van der Waals surface area (Å²) in [4.78, 5) is 12.3. The maximum atomic E-state index is 12.3. The van der Waals surface area contributed by atoms with Crippen LogP contribution in [0.3, 0.4) is 0 Å². The average Bonchev–Trinajstić information content (AvgIpc) is 2.82. The molecule has 1 N–H and O–H groups in total. The fourth-order valence-corrected chi connectivity index (χ4v) is 3.58.